The maximum Gasteiger partial charge on any atom is 0.257 e. The van der Waals surface area contributed by atoms with Crippen LogP contribution < -0.4 is 10.6 Å². The molecule has 4 fully saturated rings. The van der Waals surface area contributed by atoms with E-state index in [4.69, 9.17) is 11.6 Å². The fourth-order valence-electron chi connectivity index (χ4n) is 5.92. The van der Waals surface area contributed by atoms with Crippen LogP contribution in [0.3, 0.4) is 0 Å². The summed E-state index contributed by atoms with van der Waals surface area (Å²) in [5.41, 5.74) is 1.38. The van der Waals surface area contributed by atoms with E-state index in [-0.39, 0.29) is 11.4 Å². The number of halogens is 1. The topological polar surface area (TPSA) is 54.0 Å². The minimum atomic E-state index is -0.218. The molecular formula is C22H24ClN3O. The third-order valence-electron chi connectivity index (χ3n) is 6.57. The Hall–Kier alpha value is -2.07. The lowest BCUT2D eigenvalue weighted by Gasteiger charge is -2.57. The molecule has 0 radical (unpaired) electrons. The fourth-order valence-corrected chi connectivity index (χ4v) is 6.14. The summed E-state index contributed by atoms with van der Waals surface area (Å²) in [4.78, 5) is 16.9. The highest BCUT2D eigenvalue weighted by Gasteiger charge is 2.51. The highest BCUT2D eigenvalue weighted by Crippen LogP contribution is 2.56. The van der Waals surface area contributed by atoms with Crippen LogP contribution in [-0.4, -0.2) is 16.4 Å². The van der Waals surface area contributed by atoms with Crippen LogP contribution in [0.4, 0.5) is 11.5 Å². The van der Waals surface area contributed by atoms with E-state index in [0.29, 0.717) is 16.3 Å². The molecule has 4 bridgehead atoms. The molecule has 1 amide bonds. The molecular weight excluding hydrogens is 358 g/mol. The van der Waals surface area contributed by atoms with Crippen LogP contribution in [0.5, 0.6) is 0 Å². The third-order valence-corrected chi connectivity index (χ3v) is 6.90. The number of benzene rings is 1. The maximum atomic E-state index is 12.4. The van der Waals surface area contributed by atoms with Crippen molar-refractivity contribution >= 4 is 29.0 Å². The van der Waals surface area contributed by atoms with Crippen LogP contribution in [0.2, 0.25) is 5.02 Å². The summed E-state index contributed by atoms with van der Waals surface area (Å²) in [7, 11) is 0. The van der Waals surface area contributed by atoms with Gasteiger partial charge in [-0.1, -0.05) is 23.7 Å². The molecule has 6 rings (SSSR count). The second-order valence-electron chi connectivity index (χ2n) is 8.69. The Morgan fingerprint density at radius 3 is 2.26 bits per heavy atom. The van der Waals surface area contributed by atoms with Crippen LogP contribution in [-0.2, 0) is 0 Å². The Balaban J connectivity index is 1.27. The number of amides is 1. The first-order valence-electron chi connectivity index (χ1n) is 9.89. The third kappa shape index (κ3) is 3.31. The summed E-state index contributed by atoms with van der Waals surface area (Å²) in [6.45, 7) is 0. The van der Waals surface area contributed by atoms with Crippen molar-refractivity contribution in [3.63, 3.8) is 0 Å². The summed E-state index contributed by atoms with van der Waals surface area (Å²) >= 11 is 6.10. The van der Waals surface area contributed by atoms with Crippen molar-refractivity contribution in [2.75, 3.05) is 10.6 Å². The molecule has 0 saturated heterocycles. The molecule has 4 nitrogen and oxygen atoms in total. The van der Waals surface area contributed by atoms with E-state index in [9.17, 15) is 4.79 Å². The Bertz CT molecular complexity index is 829. The number of aromatic nitrogens is 1. The molecule has 2 N–H and O–H groups in total. The van der Waals surface area contributed by atoms with Gasteiger partial charge in [0.2, 0.25) is 0 Å². The number of nitrogens with one attached hydrogen (secondary N) is 2. The van der Waals surface area contributed by atoms with E-state index in [1.165, 1.54) is 38.5 Å². The van der Waals surface area contributed by atoms with Crippen LogP contribution in [0.25, 0.3) is 0 Å². The van der Waals surface area contributed by atoms with Crippen molar-refractivity contribution in [3.05, 3.63) is 53.2 Å². The largest absolute Gasteiger partial charge is 0.365 e. The van der Waals surface area contributed by atoms with Crippen molar-refractivity contribution in [1.29, 1.82) is 0 Å². The predicted octanol–water partition coefficient (Wildman–Crippen LogP) is 5.37. The minimum Gasteiger partial charge on any atom is -0.365 e. The highest BCUT2D eigenvalue weighted by atomic mass is 35.5. The lowest BCUT2D eigenvalue weighted by Crippen LogP contribution is -2.54. The molecule has 1 heterocycles. The Kier molecular flexibility index (Phi) is 4.12. The number of hydrogen-bond acceptors (Lipinski definition) is 3. The second kappa shape index (κ2) is 6.52. The zero-order valence-corrected chi connectivity index (χ0v) is 16.0. The summed E-state index contributed by atoms with van der Waals surface area (Å²) in [5, 5.41) is 7.08. The average Bonchev–Trinajstić information content (AvgIpc) is 2.62. The lowest BCUT2D eigenvalue weighted by atomic mass is 9.53. The number of nitrogens with zero attached hydrogens (tertiary/aromatic N) is 1. The van der Waals surface area contributed by atoms with Crippen LogP contribution in [0, 0.1) is 17.8 Å². The zero-order chi connectivity index (χ0) is 18.4. The van der Waals surface area contributed by atoms with Gasteiger partial charge in [-0.3, -0.25) is 4.79 Å². The van der Waals surface area contributed by atoms with Gasteiger partial charge in [-0.05, 0) is 80.5 Å². The monoisotopic (exact) mass is 381 g/mol. The van der Waals surface area contributed by atoms with Crippen LogP contribution in [0.1, 0.15) is 48.9 Å². The summed E-state index contributed by atoms with van der Waals surface area (Å²) in [6, 6.07) is 10.9. The van der Waals surface area contributed by atoms with E-state index in [2.05, 4.69) is 15.6 Å². The quantitative estimate of drug-likeness (QED) is 0.748. The number of anilines is 2. The molecule has 1 aromatic carbocycles. The van der Waals surface area contributed by atoms with Gasteiger partial charge in [0.25, 0.3) is 5.91 Å². The van der Waals surface area contributed by atoms with Gasteiger partial charge in [0, 0.05) is 5.54 Å². The predicted molar refractivity (Wildman–Crippen MR) is 108 cm³/mol. The summed E-state index contributed by atoms with van der Waals surface area (Å²) in [6.07, 6.45) is 9.87. The Labute approximate surface area is 164 Å². The molecule has 4 aliphatic carbocycles. The molecule has 0 spiro atoms. The van der Waals surface area contributed by atoms with Crippen LogP contribution >= 0.6 is 11.6 Å². The molecule has 2 aromatic rings. The van der Waals surface area contributed by atoms with Gasteiger partial charge in [-0.25, -0.2) is 4.98 Å². The standard InChI is InChI=1S/C22H24ClN3O/c23-19-4-2-1-3-18(19)21(27)25-17-5-6-20(24-13-17)26-22-10-14-7-15(11-22)9-16(8-14)12-22/h1-6,13-16H,7-12H2,(H,24,26)(H,25,27). The first-order chi connectivity index (χ1) is 13.1. The number of rotatable bonds is 4. The normalized spacial score (nSPS) is 30.9. The molecule has 0 atom stereocenters. The maximum absolute atomic E-state index is 12.4. The number of pyridine rings is 1. The van der Waals surface area contributed by atoms with Crippen LogP contribution in [0.15, 0.2) is 42.6 Å². The first-order valence-corrected chi connectivity index (χ1v) is 10.3. The van der Waals surface area contributed by atoms with E-state index in [1.54, 1.807) is 24.4 Å². The van der Waals surface area contributed by atoms with Gasteiger partial charge in [0.15, 0.2) is 0 Å². The number of carbonyl (C=O) groups is 1. The smallest absolute Gasteiger partial charge is 0.257 e. The Morgan fingerprint density at radius 1 is 1.00 bits per heavy atom. The molecule has 0 unspecified atom stereocenters. The van der Waals surface area contributed by atoms with E-state index in [1.807, 2.05) is 18.2 Å². The van der Waals surface area contributed by atoms with Gasteiger partial charge >= 0.3 is 0 Å². The molecule has 1 aromatic heterocycles. The fraction of sp³-hybridized carbons (Fsp3) is 0.455. The number of carbonyl (C=O) groups excluding carboxylic acids is 1. The molecule has 5 heteroatoms. The molecule has 27 heavy (non-hydrogen) atoms. The summed E-state index contributed by atoms with van der Waals surface area (Å²) in [5.74, 6) is 3.39. The van der Waals surface area contributed by atoms with Gasteiger partial charge in [-0.15, -0.1) is 0 Å². The molecule has 4 saturated carbocycles. The van der Waals surface area contributed by atoms with Crippen molar-refractivity contribution < 1.29 is 4.79 Å². The minimum absolute atomic E-state index is 0.218. The van der Waals surface area contributed by atoms with Gasteiger partial charge in [0.1, 0.15) is 5.82 Å². The van der Waals surface area contributed by atoms with E-state index < -0.39 is 0 Å². The lowest BCUT2D eigenvalue weighted by molar-refractivity contribution is 0.0105. The molecule has 0 aliphatic heterocycles. The van der Waals surface area contributed by atoms with Crippen molar-refractivity contribution in [2.24, 2.45) is 17.8 Å². The van der Waals surface area contributed by atoms with E-state index >= 15 is 0 Å². The zero-order valence-electron chi connectivity index (χ0n) is 15.2. The number of hydrogen-bond donors (Lipinski definition) is 2. The van der Waals surface area contributed by atoms with Gasteiger partial charge < -0.3 is 10.6 Å². The van der Waals surface area contributed by atoms with Crippen molar-refractivity contribution in [3.8, 4) is 0 Å². The van der Waals surface area contributed by atoms with E-state index in [0.717, 1.165) is 23.6 Å². The van der Waals surface area contributed by atoms with Gasteiger partial charge in [-0.2, -0.15) is 0 Å². The van der Waals surface area contributed by atoms with Crippen molar-refractivity contribution in [2.45, 2.75) is 44.1 Å². The van der Waals surface area contributed by atoms with Crippen molar-refractivity contribution in [1.82, 2.24) is 4.98 Å². The molecule has 4 aliphatic rings. The SMILES string of the molecule is O=C(Nc1ccc(NC23CC4CC(CC(C4)C2)C3)nc1)c1ccccc1Cl. The highest BCUT2D eigenvalue weighted by molar-refractivity contribution is 6.34. The first kappa shape index (κ1) is 17.1. The average molecular weight is 382 g/mol. The Morgan fingerprint density at radius 2 is 1.67 bits per heavy atom. The van der Waals surface area contributed by atoms with Gasteiger partial charge in [0.05, 0.1) is 22.5 Å². The second-order valence-corrected chi connectivity index (χ2v) is 9.10. The summed E-state index contributed by atoms with van der Waals surface area (Å²) < 4.78 is 0. The molecule has 140 valence electrons.